The second-order valence-corrected chi connectivity index (χ2v) is 4.80. The Labute approximate surface area is 110 Å². The lowest BCUT2D eigenvalue weighted by Crippen LogP contribution is -1.87. The Bertz CT molecular complexity index is 601. The maximum atomic E-state index is 10.7. The first-order valence-corrected chi connectivity index (χ1v) is 6.48. The third-order valence-corrected chi connectivity index (χ3v) is 3.57. The van der Waals surface area contributed by atoms with E-state index in [-0.39, 0.29) is 0 Å². The van der Waals surface area contributed by atoms with E-state index in [4.69, 9.17) is 5.26 Å². The van der Waals surface area contributed by atoms with E-state index in [1.54, 1.807) is 17.8 Å². The Kier molecular flexibility index (Phi) is 4.16. The van der Waals surface area contributed by atoms with Gasteiger partial charge in [0.15, 0.2) is 0 Å². The molecule has 0 N–H and O–H groups in total. The summed E-state index contributed by atoms with van der Waals surface area (Å²) < 4.78 is 0. The van der Waals surface area contributed by atoms with Crippen LogP contribution in [0.3, 0.4) is 0 Å². The maximum Gasteiger partial charge on any atom is 0.150 e. The number of benzene rings is 2. The molecule has 0 unspecified atom stereocenters. The fraction of sp³-hybridized carbons (Fsp3) is 0.0667. The zero-order valence-corrected chi connectivity index (χ0v) is 10.5. The predicted octanol–water partition coefficient (Wildman–Crippen LogP) is 3.66. The average molecular weight is 253 g/mol. The first-order valence-electron chi connectivity index (χ1n) is 5.49. The van der Waals surface area contributed by atoms with Gasteiger partial charge in [-0.1, -0.05) is 30.3 Å². The van der Waals surface area contributed by atoms with Crippen LogP contribution in [0, 0.1) is 11.3 Å². The molecule has 0 fully saturated rings. The number of carbonyl (C=O) groups excluding carboxylic acids is 1. The average Bonchev–Trinajstić information content (AvgIpc) is 2.45. The van der Waals surface area contributed by atoms with E-state index in [9.17, 15) is 4.79 Å². The summed E-state index contributed by atoms with van der Waals surface area (Å²) in [6.07, 6.45) is 0.841. The van der Waals surface area contributed by atoms with Gasteiger partial charge in [0, 0.05) is 16.2 Å². The van der Waals surface area contributed by atoms with Crippen molar-refractivity contribution in [1.82, 2.24) is 0 Å². The van der Waals surface area contributed by atoms with Crippen LogP contribution in [-0.2, 0) is 5.75 Å². The Morgan fingerprint density at radius 2 is 2.00 bits per heavy atom. The van der Waals surface area contributed by atoms with E-state index in [0.717, 1.165) is 22.5 Å². The van der Waals surface area contributed by atoms with Gasteiger partial charge in [-0.2, -0.15) is 5.26 Å². The van der Waals surface area contributed by atoms with Crippen molar-refractivity contribution >= 4 is 18.0 Å². The lowest BCUT2D eigenvalue weighted by molar-refractivity contribution is 0.112. The number of rotatable bonds is 4. The molecule has 0 saturated heterocycles. The molecule has 2 rings (SSSR count). The van der Waals surface area contributed by atoms with Gasteiger partial charge in [-0.25, -0.2) is 0 Å². The first-order chi connectivity index (χ1) is 8.83. The predicted molar refractivity (Wildman–Crippen MR) is 72.5 cm³/mol. The molecule has 0 aliphatic carbocycles. The lowest BCUT2D eigenvalue weighted by atomic mass is 10.1. The van der Waals surface area contributed by atoms with Gasteiger partial charge in [-0.15, -0.1) is 11.8 Å². The molecule has 0 saturated carbocycles. The standard InChI is InChI=1S/C15H11NOS/c16-9-13-5-1-2-6-14(13)11-18-15-7-3-4-12(8-15)10-17/h1-8,10H,11H2. The smallest absolute Gasteiger partial charge is 0.150 e. The molecule has 2 aromatic carbocycles. The minimum absolute atomic E-state index is 0.675. The zero-order chi connectivity index (χ0) is 12.8. The topological polar surface area (TPSA) is 40.9 Å². The highest BCUT2D eigenvalue weighted by molar-refractivity contribution is 7.98. The monoisotopic (exact) mass is 253 g/mol. The summed E-state index contributed by atoms with van der Waals surface area (Å²) in [5, 5.41) is 8.99. The van der Waals surface area contributed by atoms with Crippen molar-refractivity contribution in [2.45, 2.75) is 10.6 Å². The number of hydrogen-bond donors (Lipinski definition) is 0. The largest absolute Gasteiger partial charge is 0.298 e. The highest BCUT2D eigenvalue weighted by Crippen LogP contribution is 2.24. The SMILES string of the molecule is N#Cc1ccccc1CSc1cccc(C=O)c1. The van der Waals surface area contributed by atoms with Gasteiger partial charge in [0.05, 0.1) is 11.6 Å². The van der Waals surface area contributed by atoms with Gasteiger partial charge >= 0.3 is 0 Å². The summed E-state index contributed by atoms with van der Waals surface area (Å²) >= 11 is 1.62. The molecule has 0 amide bonds. The minimum Gasteiger partial charge on any atom is -0.298 e. The van der Waals surface area contributed by atoms with Crippen LogP contribution < -0.4 is 0 Å². The van der Waals surface area contributed by atoms with Crippen molar-refractivity contribution in [3.63, 3.8) is 0 Å². The summed E-state index contributed by atoms with van der Waals surface area (Å²) in [4.78, 5) is 11.7. The number of nitriles is 1. The second-order valence-electron chi connectivity index (χ2n) is 3.75. The normalized spacial score (nSPS) is 9.72. The molecule has 18 heavy (non-hydrogen) atoms. The van der Waals surface area contributed by atoms with Gasteiger partial charge in [-0.3, -0.25) is 4.79 Å². The summed E-state index contributed by atoms with van der Waals surface area (Å²) in [6, 6.07) is 17.2. The van der Waals surface area contributed by atoms with E-state index in [1.165, 1.54) is 0 Å². The fourth-order valence-electron chi connectivity index (χ4n) is 1.59. The Hall–Kier alpha value is -2.05. The van der Waals surface area contributed by atoms with Gasteiger partial charge in [0.1, 0.15) is 6.29 Å². The van der Waals surface area contributed by atoms with Crippen molar-refractivity contribution in [3.8, 4) is 6.07 Å². The van der Waals surface area contributed by atoms with Gasteiger partial charge in [-0.05, 0) is 23.8 Å². The molecule has 0 atom stereocenters. The van der Waals surface area contributed by atoms with E-state index >= 15 is 0 Å². The first kappa shape index (κ1) is 12.4. The third kappa shape index (κ3) is 2.99. The van der Waals surface area contributed by atoms with Crippen LogP contribution in [0.4, 0.5) is 0 Å². The number of carbonyl (C=O) groups is 1. The Balaban J connectivity index is 2.11. The van der Waals surface area contributed by atoms with Crippen LogP contribution >= 0.6 is 11.8 Å². The molecule has 0 bridgehead atoms. The molecule has 2 nitrogen and oxygen atoms in total. The van der Waals surface area contributed by atoms with E-state index in [0.29, 0.717) is 11.1 Å². The van der Waals surface area contributed by atoms with Crippen LogP contribution in [0.5, 0.6) is 0 Å². The van der Waals surface area contributed by atoms with Crippen molar-refractivity contribution in [2.24, 2.45) is 0 Å². The Morgan fingerprint density at radius 1 is 1.17 bits per heavy atom. The molecule has 0 aliphatic heterocycles. The van der Waals surface area contributed by atoms with E-state index in [2.05, 4.69) is 6.07 Å². The molecular formula is C15H11NOS. The zero-order valence-electron chi connectivity index (χ0n) is 9.67. The van der Waals surface area contributed by atoms with Crippen molar-refractivity contribution in [2.75, 3.05) is 0 Å². The van der Waals surface area contributed by atoms with Crippen molar-refractivity contribution < 1.29 is 4.79 Å². The van der Waals surface area contributed by atoms with Crippen LogP contribution in [0.15, 0.2) is 53.4 Å². The molecule has 0 spiro atoms. The van der Waals surface area contributed by atoms with Gasteiger partial charge < -0.3 is 0 Å². The number of nitrogens with zero attached hydrogens (tertiary/aromatic N) is 1. The molecule has 3 heteroatoms. The minimum atomic E-state index is 0.675. The molecule has 0 radical (unpaired) electrons. The van der Waals surface area contributed by atoms with Crippen LogP contribution in [0.25, 0.3) is 0 Å². The highest BCUT2D eigenvalue weighted by atomic mass is 32.2. The summed E-state index contributed by atoms with van der Waals surface area (Å²) in [5.41, 5.74) is 2.40. The van der Waals surface area contributed by atoms with Crippen LogP contribution in [-0.4, -0.2) is 6.29 Å². The van der Waals surface area contributed by atoms with E-state index in [1.807, 2.05) is 42.5 Å². The quantitative estimate of drug-likeness (QED) is 0.616. The molecule has 0 aromatic heterocycles. The summed E-state index contributed by atoms with van der Waals surface area (Å²) in [7, 11) is 0. The Morgan fingerprint density at radius 3 is 2.78 bits per heavy atom. The number of hydrogen-bond acceptors (Lipinski definition) is 3. The molecule has 0 heterocycles. The summed E-state index contributed by atoms with van der Waals surface area (Å²) in [6.45, 7) is 0. The number of thioether (sulfide) groups is 1. The lowest BCUT2D eigenvalue weighted by Gasteiger charge is -2.04. The van der Waals surface area contributed by atoms with Gasteiger partial charge in [0.25, 0.3) is 0 Å². The van der Waals surface area contributed by atoms with Crippen LogP contribution in [0.1, 0.15) is 21.5 Å². The third-order valence-electron chi connectivity index (χ3n) is 2.53. The molecular weight excluding hydrogens is 242 g/mol. The van der Waals surface area contributed by atoms with Gasteiger partial charge in [0.2, 0.25) is 0 Å². The summed E-state index contributed by atoms with van der Waals surface area (Å²) in [5.74, 6) is 0.728. The molecule has 2 aromatic rings. The van der Waals surface area contributed by atoms with Crippen LogP contribution in [0.2, 0.25) is 0 Å². The highest BCUT2D eigenvalue weighted by Gasteiger charge is 2.02. The van der Waals surface area contributed by atoms with E-state index < -0.39 is 0 Å². The molecule has 88 valence electrons. The molecule has 0 aliphatic rings. The maximum absolute atomic E-state index is 10.7. The van der Waals surface area contributed by atoms with Crippen molar-refractivity contribution in [1.29, 1.82) is 5.26 Å². The van der Waals surface area contributed by atoms with Crippen molar-refractivity contribution in [3.05, 3.63) is 65.2 Å². The fourth-order valence-corrected chi connectivity index (χ4v) is 2.56. The second kappa shape index (κ2) is 6.04. The number of aldehydes is 1.